The Morgan fingerprint density at radius 3 is 2.75 bits per heavy atom. The van der Waals surface area contributed by atoms with E-state index in [0.29, 0.717) is 11.8 Å². The second kappa shape index (κ2) is 6.28. The summed E-state index contributed by atoms with van der Waals surface area (Å²) in [6.07, 6.45) is 3.67. The Labute approximate surface area is 125 Å². The summed E-state index contributed by atoms with van der Waals surface area (Å²) in [6.45, 7) is 1.83. The minimum absolute atomic E-state index is 0.220. The molecule has 1 aromatic rings. The van der Waals surface area contributed by atoms with Gasteiger partial charge in [0.1, 0.15) is 10.7 Å². The van der Waals surface area contributed by atoms with E-state index in [0.717, 1.165) is 31.7 Å². The van der Waals surface area contributed by atoms with E-state index >= 15 is 0 Å². The van der Waals surface area contributed by atoms with Crippen LogP contribution in [0, 0.1) is 5.92 Å². The van der Waals surface area contributed by atoms with Crippen LogP contribution in [0.4, 0.5) is 5.82 Å². The van der Waals surface area contributed by atoms with Crippen LogP contribution < -0.4 is 4.90 Å². The highest BCUT2D eigenvalue weighted by Crippen LogP contribution is 2.23. The molecule has 5 nitrogen and oxygen atoms in total. The lowest BCUT2D eigenvalue weighted by Gasteiger charge is -2.32. The van der Waals surface area contributed by atoms with Crippen molar-refractivity contribution < 1.29 is 8.42 Å². The molecule has 1 unspecified atom stereocenters. The van der Waals surface area contributed by atoms with Gasteiger partial charge in [0.2, 0.25) is 10.0 Å². The van der Waals surface area contributed by atoms with E-state index in [1.807, 2.05) is 0 Å². The third-order valence-corrected chi connectivity index (χ3v) is 5.80. The molecule has 0 saturated carbocycles. The monoisotopic (exact) mass is 317 g/mol. The molecule has 2 heterocycles. The Kier molecular flexibility index (Phi) is 4.88. The highest BCUT2D eigenvalue weighted by atomic mass is 35.5. The molecular weight excluding hydrogens is 298 g/mol. The van der Waals surface area contributed by atoms with Gasteiger partial charge in [-0.15, -0.1) is 11.6 Å². The Hall–Kier alpha value is -0.850. The van der Waals surface area contributed by atoms with Crippen molar-refractivity contribution in [2.24, 2.45) is 5.92 Å². The summed E-state index contributed by atoms with van der Waals surface area (Å²) in [6, 6.07) is 3.38. The fourth-order valence-electron chi connectivity index (χ4n) is 2.32. The van der Waals surface area contributed by atoms with E-state index in [4.69, 9.17) is 11.6 Å². The molecule has 2 rings (SSSR count). The van der Waals surface area contributed by atoms with Crippen molar-refractivity contribution in [2.45, 2.75) is 17.7 Å². The van der Waals surface area contributed by atoms with Crippen LogP contribution in [0.3, 0.4) is 0 Å². The molecule has 0 amide bonds. The van der Waals surface area contributed by atoms with Gasteiger partial charge in [0, 0.05) is 39.3 Å². The van der Waals surface area contributed by atoms with Gasteiger partial charge in [0.05, 0.1) is 0 Å². The lowest BCUT2D eigenvalue weighted by molar-refractivity contribution is 0.448. The van der Waals surface area contributed by atoms with Gasteiger partial charge < -0.3 is 4.90 Å². The topological polar surface area (TPSA) is 53.5 Å². The molecule has 20 heavy (non-hydrogen) atoms. The first-order chi connectivity index (χ1) is 9.45. The molecule has 0 N–H and O–H groups in total. The fourth-order valence-corrected chi connectivity index (χ4v) is 3.42. The zero-order valence-electron chi connectivity index (χ0n) is 11.8. The Morgan fingerprint density at radius 1 is 1.45 bits per heavy atom. The second-order valence-corrected chi connectivity index (χ2v) is 7.71. The van der Waals surface area contributed by atoms with E-state index in [9.17, 15) is 8.42 Å². The van der Waals surface area contributed by atoms with E-state index in [2.05, 4.69) is 9.88 Å². The molecule has 1 aliphatic heterocycles. The molecule has 0 radical (unpaired) electrons. The Balaban J connectivity index is 2.16. The molecule has 1 aliphatic rings. The zero-order valence-corrected chi connectivity index (χ0v) is 13.4. The maximum atomic E-state index is 12.0. The molecule has 0 aromatic carbocycles. The first-order valence-electron chi connectivity index (χ1n) is 6.64. The van der Waals surface area contributed by atoms with Gasteiger partial charge in [-0.05, 0) is 30.9 Å². The van der Waals surface area contributed by atoms with E-state index in [-0.39, 0.29) is 4.90 Å². The van der Waals surface area contributed by atoms with Crippen LogP contribution in [0.2, 0.25) is 0 Å². The van der Waals surface area contributed by atoms with Crippen molar-refractivity contribution in [1.29, 1.82) is 0 Å². The third kappa shape index (κ3) is 3.24. The lowest BCUT2D eigenvalue weighted by atomic mass is 10.0. The first kappa shape index (κ1) is 15.5. The normalized spacial score (nSPS) is 20.4. The highest BCUT2D eigenvalue weighted by molar-refractivity contribution is 7.89. The van der Waals surface area contributed by atoms with Crippen molar-refractivity contribution in [3.8, 4) is 0 Å². The van der Waals surface area contributed by atoms with Crippen LogP contribution in [-0.4, -0.2) is 50.8 Å². The van der Waals surface area contributed by atoms with E-state index in [1.165, 1.54) is 24.6 Å². The number of alkyl halides is 1. The Bertz CT molecular complexity index is 545. The van der Waals surface area contributed by atoms with E-state index in [1.54, 1.807) is 12.1 Å². The van der Waals surface area contributed by atoms with E-state index < -0.39 is 10.0 Å². The number of nitrogens with zero attached hydrogens (tertiary/aromatic N) is 3. The van der Waals surface area contributed by atoms with Gasteiger partial charge in [-0.3, -0.25) is 0 Å². The quantitative estimate of drug-likeness (QED) is 0.794. The third-order valence-electron chi connectivity index (χ3n) is 3.56. The number of piperidine rings is 1. The van der Waals surface area contributed by atoms with Gasteiger partial charge in [-0.25, -0.2) is 17.7 Å². The number of hydrogen-bond donors (Lipinski definition) is 0. The second-order valence-electron chi connectivity index (χ2n) is 5.25. The summed E-state index contributed by atoms with van der Waals surface area (Å²) in [5, 5.41) is 0. The number of anilines is 1. The van der Waals surface area contributed by atoms with Crippen molar-refractivity contribution in [2.75, 3.05) is 38.0 Å². The Morgan fingerprint density at radius 2 is 2.20 bits per heavy atom. The number of sulfonamides is 1. The van der Waals surface area contributed by atoms with Crippen molar-refractivity contribution in [1.82, 2.24) is 9.29 Å². The molecule has 1 saturated heterocycles. The van der Waals surface area contributed by atoms with Crippen LogP contribution in [0.5, 0.6) is 0 Å². The minimum atomic E-state index is -3.41. The average Bonchev–Trinajstić information content (AvgIpc) is 2.47. The summed E-state index contributed by atoms with van der Waals surface area (Å²) < 4.78 is 25.1. The summed E-state index contributed by atoms with van der Waals surface area (Å²) in [5.41, 5.74) is 0. The molecule has 1 aromatic heterocycles. The smallest absolute Gasteiger partial charge is 0.244 e. The summed E-state index contributed by atoms with van der Waals surface area (Å²) >= 11 is 5.92. The lowest BCUT2D eigenvalue weighted by Crippen LogP contribution is -2.36. The zero-order chi connectivity index (χ0) is 14.8. The van der Waals surface area contributed by atoms with Gasteiger partial charge in [-0.2, -0.15) is 0 Å². The summed E-state index contributed by atoms with van der Waals surface area (Å²) in [4.78, 5) is 6.69. The van der Waals surface area contributed by atoms with Crippen LogP contribution in [0.15, 0.2) is 23.2 Å². The maximum Gasteiger partial charge on any atom is 0.244 e. The molecular formula is C13H20ClN3O2S. The van der Waals surface area contributed by atoms with Crippen LogP contribution in [0.1, 0.15) is 12.8 Å². The van der Waals surface area contributed by atoms with Gasteiger partial charge in [0.15, 0.2) is 0 Å². The maximum absolute atomic E-state index is 12.0. The minimum Gasteiger partial charge on any atom is -0.356 e. The van der Waals surface area contributed by atoms with Gasteiger partial charge in [0.25, 0.3) is 0 Å². The first-order valence-corrected chi connectivity index (χ1v) is 8.62. The van der Waals surface area contributed by atoms with Crippen LogP contribution in [-0.2, 0) is 10.0 Å². The average molecular weight is 318 g/mol. The number of aromatic nitrogens is 1. The molecule has 7 heteroatoms. The molecule has 1 atom stereocenters. The van der Waals surface area contributed by atoms with Gasteiger partial charge >= 0.3 is 0 Å². The molecule has 0 bridgehead atoms. The molecule has 112 valence electrons. The predicted octanol–water partition coefficient (Wildman–Crippen LogP) is 1.79. The summed E-state index contributed by atoms with van der Waals surface area (Å²) in [7, 11) is -0.383. The number of pyridine rings is 1. The largest absolute Gasteiger partial charge is 0.356 e. The number of halogens is 1. The SMILES string of the molecule is CN(C)S(=O)(=O)c1ccc(N2CCCC(CCl)C2)nc1. The molecule has 1 fully saturated rings. The van der Waals surface area contributed by atoms with Crippen LogP contribution in [0.25, 0.3) is 0 Å². The number of hydrogen-bond acceptors (Lipinski definition) is 4. The van der Waals surface area contributed by atoms with Crippen molar-refractivity contribution in [3.63, 3.8) is 0 Å². The van der Waals surface area contributed by atoms with Gasteiger partial charge in [-0.1, -0.05) is 0 Å². The predicted molar refractivity (Wildman–Crippen MR) is 80.8 cm³/mol. The molecule has 0 spiro atoms. The standard InChI is InChI=1S/C13H20ClN3O2S/c1-16(2)20(18,19)12-5-6-13(15-9-12)17-7-3-4-11(8-14)10-17/h5-6,9,11H,3-4,7-8,10H2,1-2H3. The number of rotatable bonds is 4. The molecule has 0 aliphatic carbocycles. The summed E-state index contributed by atoms with van der Waals surface area (Å²) in [5.74, 6) is 1.96. The highest BCUT2D eigenvalue weighted by Gasteiger charge is 2.22. The van der Waals surface area contributed by atoms with Crippen molar-refractivity contribution in [3.05, 3.63) is 18.3 Å². The van der Waals surface area contributed by atoms with Crippen molar-refractivity contribution >= 4 is 27.4 Å². The fraction of sp³-hybridized carbons (Fsp3) is 0.615. The van der Waals surface area contributed by atoms with Crippen LogP contribution >= 0.6 is 11.6 Å².